The molecule has 0 saturated heterocycles. The van der Waals surface area contributed by atoms with E-state index in [2.05, 4.69) is 0 Å². The van der Waals surface area contributed by atoms with Gasteiger partial charge in [-0.15, -0.1) is 0 Å². The summed E-state index contributed by atoms with van der Waals surface area (Å²) in [5, 5.41) is 10.2. The Bertz CT molecular complexity index is 1100. The van der Waals surface area contributed by atoms with Crippen LogP contribution in [0.3, 0.4) is 0 Å². The van der Waals surface area contributed by atoms with Gasteiger partial charge in [0.25, 0.3) is 0 Å². The summed E-state index contributed by atoms with van der Waals surface area (Å²) in [7, 11) is 0. The van der Waals surface area contributed by atoms with Crippen LogP contribution < -0.4 is 0 Å². The highest BCUT2D eigenvalue weighted by molar-refractivity contribution is 5.84. The molecule has 1 amide bonds. The lowest BCUT2D eigenvalue weighted by Gasteiger charge is -2.29. The van der Waals surface area contributed by atoms with Crippen molar-refractivity contribution in [3.63, 3.8) is 0 Å². The van der Waals surface area contributed by atoms with E-state index in [0.717, 1.165) is 38.9 Å². The molecule has 3 rings (SSSR count). The number of amides is 1. The number of fused-ring (bicyclic) bond motifs is 1. The summed E-state index contributed by atoms with van der Waals surface area (Å²) in [6, 6.07) is 8.08. The topological polar surface area (TPSA) is 76.1 Å². The second kappa shape index (κ2) is 9.06. The number of aliphatic carboxylic acids is 1. The van der Waals surface area contributed by atoms with E-state index in [1.54, 1.807) is 4.90 Å². The third-order valence-electron chi connectivity index (χ3n) is 5.97. The van der Waals surface area contributed by atoms with Crippen molar-refractivity contribution in [2.24, 2.45) is 0 Å². The van der Waals surface area contributed by atoms with Crippen LogP contribution in [0.1, 0.15) is 81.0 Å². The molecule has 0 aromatic heterocycles. The zero-order valence-corrected chi connectivity index (χ0v) is 21.8. The number of carboxylic acids is 1. The Morgan fingerprint density at radius 2 is 1.41 bits per heavy atom. The number of carbonyl (C=O) groups is 2. The van der Waals surface area contributed by atoms with Crippen LogP contribution in [0.2, 0.25) is 0 Å². The highest BCUT2D eigenvalue weighted by Gasteiger charge is 2.37. The monoisotopic (exact) mass is 467 g/mol. The van der Waals surface area contributed by atoms with Gasteiger partial charge < -0.3 is 14.6 Å². The summed E-state index contributed by atoms with van der Waals surface area (Å²) in [4.78, 5) is 27.0. The van der Waals surface area contributed by atoms with Gasteiger partial charge in [-0.2, -0.15) is 0 Å². The van der Waals surface area contributed by atoms with E-state index in [1.807, 2.05) is 86.6 Å². The fourth-order valence-corrected chi connectivity index (χ4v) is 4.48. The van der Waals surface area contributed by atoms with Crippen LogP contribution in [0.4, 0.5) is 4.79 Å². The lowest BCUT2D eigenvalue weighted by Crippen LogP contribution is -2.33. The smallest absolute Gasteiger partial charge is 0.410 e. The van der Waals surface area contributed by atoms with E-state index in [0.29, 0.717) is 18.7 Å². The predicted octanol–water partition coefficient (Wildman–Crippen LogP) is 6.47. The quantitative estimate of drug-likeness (QED) is 0.558. The zero-order valence-electron chi connectivity index (χ0n) is 21.8. The molecular formula is C28H37NO5. The van der Waals surface area contributed by atoms with Crippen molar-refractivity contribution < 1.29 is 24.2 Å². The second-order valence-electron chi connectivity index (χ2n) is 11.1. The molecule has 1 heterocycles. The van der Waals surface area contributed by atoms with Crippen LogP contribution in [-0.4, -0.2) is 33.3 Å². The molecule has 0 saturated carbocycles. The van der Waals surface area contributed by atoms with Gasteiger partial charge >= 0.3 is 12.1 Å². The van der Waals surface area contributed by atoms with Crippen LogP contribution in [0.25, 0.3) is 11.1 Å². The Kier molecular flexibility index (Phi) is 6.87. The molecule has 6 heteroatoms. The van der Waals surface area contributed by atoms with Crippen LogP contribution >= 0.6 is 0 Å². The minimum atomic E-state index is -1.14. The molecule has 0 aliphatic carbocycles. The number of carboxylic acid groups (broad SMARTS) is 1. The Labute approximate surface area is 202 Å². The summed E-state index contributed by atoms with van der Waals surface area (Å²) >= 11 is 0. The van der Waals surface area contributed by atoms with Gasteiger partial charge in [0, 0.05) is 18.7 Å². The molecule has 1 aliphatic heterocycles. The van der Waals surface area contributed by atoms with Gasteiger partial charge in [0.05, 0.1) is 5.60 Å². The summed E-state index contributed by atoms with van der Waals surface area (Å²) in [6.07, 6.45) is -1.52. The summed E-state index contributed by atoms with van der Waals surface area (Å²) in [6.45, 7) is 17.9. The Hall–Kier alpha value is -2.86. The molecule has 2 aromatic carbocycles. The minimum Gasteiger partial charge on any atom is -0.479 e. The van der Waals surface area contributed by atoms with E-state index >= 15 is 0 Å². The van der Waals surface area contributed by atoms with Gasteiger partial charge in [-0.1, -0.05) is 29.8 Å². The first-order valence-corrected chi connectivity index (χ1v) is 11.7. The number of rotatable bonds is 4. The third kappa shape index (κ3) is 5.44. The second-order valence-corrected chi connectivity index (χ2v) is 11.1. The molecule has 1 atom stereocenters. The standard InChI is InChI=1S/C28H37NO5/c1-16-10-12-19(13-11-16)22-17(2)20-14-29(26(32)34-28(7,8)9)15-21(20)18(3)23(22)24(25(30)31)33-27(4,5)6/h10-13,24H,14-15H2,1-9H3,(H,30,31)/t24-/m0/s1. The van der Waals surface area contributed by atoms with Crippen molar-refractivity contribution in [2.75, 3.05) is 0 Å². The average molecular weight is 468 g/mol. The molecule has 0 fully saturated rings. The van der Waals surface area contributed by atoms with Crippen molar-refractivity contribution >= 4 is 12.1 Å². The first-order valence-electron chi connectivity index (χ1n) is 11.7. The number of hydrogen-bond donors (Lipinski definition) is 1. The lowest BCUT2D eigenvalue weighted by atomic mass is 9.83. The molecule has 2 aromatic rings. The SMILES string of the molecule is Cc1ccc(-c2c(C)c3c(c(C)c2[C@H](OC(C)(C)C)C(=O)O)CN(C(=O)OC(C)(C)C)C3)cc1. The number of aryl methyl sites for hydroxylation is 1. The van der Waals surface area contributed by atoms with Crippen molar-refractivity contribution in [3.05, 3.63) is 57.6 Å². The molecule has 0 unspecified atom stereocenters. The number of benzene rings is 2. The minimum absolute atomic E-state index is 0.373. The van der Waals surface area contributed by atoms with Gasteiger partial charge in [0.15, 0.2) is 6.10 Å². The molecule has 0 radical (unpaired) electrons. The van der Waals surface area contributed by atoms with E-state index in [1.165, 1.54) is 0 Å². The molecule has 1 aliphatic rings. The van der Waals surface area contributed by atoms with Crippen LogP contribution in [-0.2, 0) is 27.4 Å². The fraction of sp³-hybridized carbons (Fsp3) is 0.500. The molecule has 6 nitrogen and oxygen atoms in total. The van der Waals surface area contributed by atoms with E-state index < -0.39 is 23.3 Å². The fourth-order valence-electron chi connectivity index (χ4n) is 4.48. The molecule has 34 heavy (non-hydrogen) atoms. The predicted molar refractivity (Wildman–Crippen MR) is 133 cm³/mol. The summed E-state index contributed by atoms with van der Waals surface area (Å²) in [5.41, 5.74) is 6.14. The maximum Gasteiger partial charge on any atom is 0.410 e. The first kappa shape index (κ1) is 25.8. The number of ether oxygens (including phenoxy) is 2. The van der Waals surface area contributed by atoms with Gasteiger partial charge in [-0.25, -0.2) is 9.59 Å². The van der Waals surface area contributed by atoms with Gasteiger partial charge in [0.2, 0.25) is 0 Å². The van der Waals surface area contributed by atoms with Crippen molar-refractivity contribution in [1.82, 2.24) is 4.90 Å². The Balaban J connectivity index is 2.23. The van der Waals surface area contributed by atoms with Crippen molar-refractivity contribution in [1.29, 1.82) is 0 Å². The lowest BCUT2D eigenvalue weighted by molar-refractivity contribution is -0.160. The molecule has 184 valence electrons. The van der Waals surface area contributed by atoms with E-state index in [-0.39, 0.29) is 6.09 Å². The van der Waals surface area contributed by atoms with Crippen LogP contribution in [0, 0.1) is 20.8 Å². The maximum absolute atomic E-state index is 12.8. The first-order chi connectivity index (χ1) is 15.6. The summed E-state index contributed by atoms with van der Waals surface area (Å²) < 4.78 is 11.7. The van der Waals surface area contributed by atoms with Crippen molar-refractivity contribution in [2.45, 2.75) is 92.7 Å². The number of hydrogen-bond acceptors (Lipinski definition) is 4. The summed E-state index contributed by atoms with van der Waals surface area (Å²) in [5.74, 6) is -1.03. The van der Waals surface area contributed by atoms with Gasteiger partial charge in [0.1, 0.15) is 5.60 Å². The van der Waals surface area contributed by atoms with Gasteiger partial charge in [-0.3, -0.25) is 4.90 Å². The van der Waals surface area contributed by atoms with Crippen LogP contribution in [0.5, 0.6) is 0 Å². The highest BCUT2D eigenvalue weighted by Crippen LogP contribution is 2.43. The average Bonchev–Trinajstić information content (AvgIpc) is 3.14. The number of carbonyl (C=O) groups excluding carboxylic acids is 1. The Morgan fingerprint density at radius 3 is 1.88 bits per heavy atom. The normalized spacial score (nSPS) is 14.7. The van der Waals surface area contributed by atoms with Crippen molar-refractivity contribution in [3.8, 4) is 11.1 Å². The molecule has 0 bridgehead atoms. The van der Waals surface area contributed by atoms with E-state index in [4.69, 9.17) is 9.47 Å². The van der Waals surface area contributed by atoms with Crippen LogP contribution in [0.15, 0.2) is 24.3 Å². The molecular weight excluding hydrogens is 430 g/mol. The third-order valence-corrected chi connectivity index (χ3v) is 5.97. The zero-order chi connectivity index (χ0) is 25.6. The molecule has 1 N–H and O–H groups in total. The molecule has 0 spiro atoms. The van der Waals surface area contributed by atoms with Gasteiger partial charge in [-0.05, 0) is 95.7 Å². The largest absolute Gasteiger partial charge is 0.479 e. The Morgan fingerprint density at radius 1 is 0.882 bits per heavy atom. The number of nitrogens with zero attached hydrogens (tertiary/aromatic N) is 1. The maximum atomic E-state index is 12.8. The highest BCUT2D eigenvalue weighted by atomic mass is 16.6. The van der Waals surface area contributed by atoms with E-state index in [9.17, 15) is 14.7 Å².